The zero-order valence-corrected chi connectivity index (χ0v) is 13.7. The lowest BCUT2D eigenvalue weighted by atomic mass is 9.96. The van der Waals surface area contributed by atoms with Gasteiger partial charge in [-0.05, 0) is 37.3 Å². The SMILES string of the molecule is CC(C)c1coc2cnc(C(=O)N[C@@H]3C[C@H]4CCN(C4)C3)cc12. The van der Waals surface area contributed by atoms with E-state index < -0.39 is 0 Å². The van der Waals surface area contributed by atoms with Gasteiger partial charge in [0.1, 0.15) is 5.69 Å². The van der Waals surface area contributed by atoms with Crippen molar-refractivity contribution in [2.24, 2.45) is 5.92 Å². The number of hydrogen-bond acceptors (Lipinski definition) is 4. The topological polar surface area (TPSA) is 58.4 Å². The molecule has 2 aromatic rings. The molecule has 0 aliphatic carbocycles. The molecule has 5 nitrogen and oxygen atoms in total. The number of hydrogen-bond donors (Lipinski definition) is 1. The molecule has 122 valence electrons. The van der Waals surface area contributed by atoms with Gasteiger partial charge < -0.3 is 14.6 Å². The molecule has 0 saturated carbocycles. The van der Waals surface area contributed by atoms with Crippen LogP contribution in [0.3, 0.4) is 0 Å². The minimum atomic E-state index is -0.0738. The van der Waals surface area contributed by atoms with Gasteiger partial charge in [0, 0.05) is 30.1 Å². The average molecular weight is 313 g/mol. The molecule has 2 aromatic heterocycles. The van der Waals surface area contributed by atoms with Gasteiger partial charge in [0.05, 0.1) is 12.5 Å². The van der Waals surface area contributed by atoms with Gasteiger partial charge >= 0.3 is 0 Å². The predicted octanol–water partition coefficient (Wildman–Crippen LogP) is 2.78. The smallest absolute Gasteiger partial charge is 0.270 e. The summed E-state index contributed by atoms with van der Waals surface area (Å²) >= 11 is 0. The van der Waals surface area contributed by atoms with E-state index in [1.807, 2.05) is 6.07 Å². The number of carbonyl (C=O) groups excluding carboxylic acids is 1. The molecule has 2 saturated heterocycles. The van der Waals surface area contributed by atoms with Crippen LogP contribution >= 0.6 is 0 Å². The van der Waals surface area contributed by atoms with E-state index >= 15 is 0 Å². The zero-order chi connectivity index (χ0) is 16.0. The van der Waals surface area contributed by atoms with E-state index in [0.717, 1.165) is 35.4 Å². The van der Waals surface area contributed by atoms with E-state index in [-0.39, 0.29) is 11.9 Å². The molecule has 0 aromatic carbocycles. The van der Waals surface area contributed by atoms with Gasteiger partial charge in [-0.3, -0.25) is 4.79 Å². The zero-order valence-electron chi connectivity index (χ0n) is 13.7. The molecule has 23 heavy (non-hydrogen) atoms. The van der Waals surface area contributed by atoms with Crippen LogP contribution in [0, 0.1) is 5.92 Å². The number of nitrogens with one attached hydrogen (secondary N) is 1. The standard InChI is InChI=1S/C18H23N3O2/c1-11(2)15-10-23-17-7-19-16(6-14(15)17)18(22)20-13-5-12-3-4-21(8-12)9-13/h6-7,10-13H,3-5,8-9H2,1-2H3,(H,20,22)/t12-,13-/m1/s1. The molecule has 1 N–H and O–H groups in total. The first-order chi connectivity index (χ1) is 11.1. The van der Waals surface area contributed by atoms with Crippen molar-refractivity contribution in [1.82, 2.24) is 15.2 Å². The fourth-order valence-electron chi connectivity index (χ4n) is 3.95. The van der Waals surface area contributed by atoms with E-state index in [9.17, 15) is 4.79 Å². The summed E-state index contributed by atoms with van der Waals surface area (Å²) in [5, 5.41) is 4.16. The average Bonchev–Trinajstić information content (AvgIpc) is 3.09. The molecule has 4 rings (SSSR count). The van der Waals surface area contributed by atoms with E-state index in [1.165, 1.54) is 19.5 Å². The Balaban J connectivity index is 1.54. The van der Waals surface area contributed by atoms with Crippen LogP contribution in [-0.4, -0.2) is 41.5 Å². The van der Waals surface area contributed by atoms with E-state index in [0.29, 0.717) is 11.6 Å². The Morgan fingerprint density at radius 2 is 2.30 bits per heavy atom. The third kappa shape index (κ3) is 2.74. The van der Waals surface area contributed by atoms with Gasteiger partial charge in [-0.25, -0.2) is 4.98 Å². The molecule has 0 spiro atoms. The summed E-state index contributed by atoms with van der Waals surface area (Å²) in [5.74, 6) is 1.03. The second-order valence-corrected chi connectivity index (χ2v) is 7.23. The van der Waals surface area contributed by atoms with Crippen LogP contribution in [0.1, 0.15) is 48.7 Å². The number of pyridine rings is 1. The fraction of sp³-hybridized carbons (Fsp3) is 0.556. The lowest BCUT2D eigenvalue weighted by molar-refractivity contribution is 0.0904. The summed E-state index contributed by atoms with van der Waals surface area (Å²) in [4.78, 5) is 19.3. The molecule has 5 heteroatoms. The molecule has 2 bridgehead atoms. The van der Waals surface area contributed by atoms with Crippen LogP contribution in [0.2, 0.25) is 0 Å². The molecule has 4 heterocycles. The Kier molecular flexibility index (Phi) is 3.60. The number of nitrogens with zero attached hydrogens (tertiary/aromatic N) is 2. The molecule has 3 atom stereocenters. The number of fused-ring (bicyclic) bond motifs is 3. The Bertz CT molecular complexity index is 725. The van der Waals surface area contributed by atoms with Gasteiger partial charge in [0.2, 0.25) is 0 Å². The van der Waals surface area contributed by atoms with E-state index in [1.54, 1.807) is 12.5 Å². The molecular weight excluding hydrogens is 290 g/mol. The van der Waals surface area contributed by atoms with Gasteiger partial charge in [-0.2, -0.15) is 0 Å². The third-order valence-corrected chi connectivity index (χ3v) is 5.15. The summed E-state index contributed by atoms with van der Waals surface area (Å²) in [5.41, 5.74) is 2.35. The molecular formula is C18H23N3O2. The van der Waals surface area contributed by atoms with Crippen molar-refractivity contribution >= 4 is 16.9 Å². The second kappa shape index (κ2) is 5.64. The number of piperidine rings is 1. The Hall–Kier alpha value is -1.88. The molecule has 2 aliphatic heterocycles. The maximum atomic E-state index is 12.6. The van der Waals surface area contributed by atoms with Crippen molar-refractivity contribution in [3.63, 3.8) is 0 Å². The van der Waals surface area contributed by atoms with Gasteiger partial charge in [0.25, 0.3) is 5.91 Å². The van der Waals surface area contributed by atoms with Gasteiger partial charge in [0.15, 0.2) is 5.58 Å². The van der Waals surface area contributed by atoms with Crippen LogP contribution in [0.4, 0.5) is 0 Å². The largest absolute Gasteiger partial charge is 0.462 e. The first-order valence-electron chi connectivity index (χ1n) is 8.50. The summed E-state index contributed by atoms with van der Waals surface area (Å²) < 4.78 is 5.53. The van der Waals surface area contributed by atoms with E-state index in [4.69, 9.17) is 4.42 Å². The van der Waals surface area contributed by atoms with Crippen LogP contribution in [0.5, 0.6) is 0 Å². The normalized spacial score (nSPS) is 26.8. The van der Waals surface area contributed by atoms with E-state index in [2.05, 4.69) is 29.0 Å². The first kappa shape index (κ1) is 14.7. The van der Waals surface area contributed by atoms with Crippen LogP contribution < -0.4 is 5.32 Å². The highest BCUT2D eigenvalue weighted by atomic mass is 16.3. The number of amides is 1. The molecule has 1 amide bonds. The van der Waals surface area contributed by atoms with Crippen molar-refractivity contribution in [1.29, 1.82) is 0 Å². The maximum Gasteiger partial charge on any atom is 0.270 e. The minimum Gasteiger partial charge on any atom is -0.462 e. The second-order valence-electron chi connectivity index (χ2n) is 7.23. The van der Waals surface area contributed by atoms with Gasteiger partial charge in [-0.15, -0.1) is 0 Å². The van der Waals surface area contributed by atoms with Crippen LogP contribution in [0.15, 0.2) is 22.9 Å². The summed E-state index contributed by atoms with van der Waals surface area (Å²) in [7, 11) is 0. The molecule has 2 aliphatic rings. The van der Waals surface area contributed by atoms with Crippen LogP contribution in [-0.2, 0) is 0 Å². The lowest BCUT2D eigenvalue weighted by Gasteiger charge is -2.30. The monoisotopic (exact) mass is 313 g/mol. The lowest BCUT2D eigenvalue weighted by Crippen LogP contribution is -2.47. The number of carbonyl (C=O) groups is 1. The molecule has 2 fully saturated rings. The summed E-state index contributed by atoms with van der Waals surface area (Å²) in [6.45, 7) is 7.58. The van der Waals surface area contributed by atoms with Crippen molar-refractivity contribution in [2.75, 3.05) is 19.6 Å². The number of rotatable bonds is 3. The predicted molar refractivity (Wildman–Crippen MR) is 88.5 cm³/mol. The summed E-state index contributed by atoms with van der Waals surface area (Å²) in [6.07, 6.45) is 5.78. The molecule has 0 radical (unpaired) electrons. The molecule has 1 unspecified atom stereocenters. The number of aromatic nitrogens is 1. The highest BCUT2D eigenvalue weighted by molar-refractivity contribution is 5.96. The highest BCUT2D eigenvalue weighted by Gasteiger charge is 2.33. The Morgan fingerprint density at radius 3 is 3.09 bits per heavy atom. The Labute approximate surface area is 136 Å². The van der Waals surface area contributed by atoms with Crippen molar-refractivity contribution < 1.29 is 9.21 Å². The van der Waals surface area contributed by atoms with Crippen LogP contribution in [0.25, 0.3) is 11.0 Å². The Morgan fingerprint density at radius 1 is 1.43 bits per heavy atom. The summed E-state index contributed by atoms with van der Waals surface area (Å²) in [6, 6.07) is 2.11. The quantitative estimate of drug-likeness (QED) is 0.946. The van der Waals surface area contributed by atoms with Crippen molar-refractivity contribution in [3.05, 3.63) is 29.8 Å². The maximum absolute atomic E-state index is 12.6. The van der Waals surface area contributed by atoms with Crippen molar-refractivity contribution in [3.8, 4) is 0 Å². The third-order valence-electron chi connectivity index (χ3n) is 5.15. The first-order valence-corrected chi connectivity index (χ1v) is 8.50. The highest BCUT2D eigenvalue weighted by Crippen LogP contribution is 2.28. The van der Waals surface area contributed by atoms with Crippen molar-refractivity contribution in [2.45, 2.75) is 38.6 Å². The fourth-order valence-corrected chi connectivity index (χ4v) is 3.95. The minimum absolute atomic E-state index is 0.0738. The number of furan rings is 1. The van der Waals surface area contributed by atoms with Gasteiger partial charge in [-0.1, -0.05) is 13.8 Å².